The number of benzene rings is 1. The Labute approximate surface area is 141 Å². The van der Waals surface area contributed by atoms with E-state index in [0.717, 1.165) is 6.42 Å². The first-order valence-corrected chi connectivity index (χ1v) is 8.73. The van der Waals surface area contributed by atoms with Gasteiger partial charge < -0.3 is 0 Å². The molecule has 0 spiro atoms. The lowest BCUT2D eigenvalue weighted by molar-refractivity contribution is -0.120. The molecular formula is C18H24N4O2. The van der Waals surface area contributed by atoms with Gasteiger partial charge in [0.05, 0.1) is 10.9 Å². The summed E-state index contributed by atoms with van der Waals surface area (Å²) < 4.78 is 1.53. The lowest BCUT2D eigenvalue weighted by Crippen LogP contribution is -2.34. The normalized spacial score (nSPS) is 14.9. The number of hydrogen-bond donors (Lipinski definition) is 2. The van der Waals surface area contributed by atoms with Crippen molar-refractivity contribution in [2.75, 3.05) is 5.43 Å². The number of aromatic nitrogens is 2. The van der Waals surface area contributed by atoms with Gasteiger partial charge in [-0.25, -0.2) is 4.98 Å². The zero-order valence-electron chi connectivity index (χ0n) is 14.0. The van der Waals surface area contributed by atoms with Crippen molar-refractivity contribution in [1.29, 1.82) is 0 Å². The average molecular weight is 328 g/mol. The Morgan fingerprint density at radius 2 is 2.04 bits per heavy atom. The summed E-state index contributed by atoms with van der Waals surface area (Å²) in [7, 11) is 0. The zero-order valence-corrected chi connectivity index (χ0v) is 14.0. The molecule has 0 unspecified atom stereocenters. The highest BCUT2D eigenvalue weighted by Crippen LogP contribution is 2.28. The predicted octanol–water partition coefficient (Wildman–Crippen LogP) is 2.83. The molecule has 0 aliphatic heterocycles. The SMILES string of the molecule is CCn1c(NNC(=O)CCC2CCCC2)nc2ccccc2c1=O. The Bertz CT molecular complexity index is 778. The number of nitrogens with one attached hydrogen (secondary N) is 2. The number of rotatable bonds is 6. The number of fused-ring (bicyclic) bond motifs is 1. The van der Waals surface area contributed by atoms with E-state index in [-0.39, 0.29) is 11.5 Å². The molecule has 6 heteroatoms. The molecule has 0 saturated heterocycles. The highest BCUT2D eigenvalue weighted by molar-refractivity contribution is 5.79. The van der Waals surface area contributed by atoms with E-state index < -0.39 is 0 Å². The number of carbonyl (C=O) groups is 1. The van der Waals surface area contributed by atoms with Crippen LogP contribution in [0.4, 0.5) is 5.95 Å². The molecule has 1 fully saturated rings. The fraction of sp³-hybridized carbons (Fsp3) is 0.500. The first-order chi connectivity index (χ1) is 11.7. The van der Waals surface area contributed by atoms with Crippen LogP contribution < -0.4 is 16.4 Å². The molecule has 24 heavy (non-hydrogen) atoms. The van der Waals surface area contributed by atoms with Gasteiger partial charge in [0.15, 0.2) is 0 Å². The number of hydrazine groups is 1. The van der Waals surface area contributed by atoms with Crippen LogP contribution in [0.3, 0.4) is 0 Å². The summed E-state index contributed by atoms with van der Waals surface area (Å²) >= 11 is 0. The first-order valence-electron chi connectivity index (χ1n) is 8.73. The van der Waals surface area contributed by atoms with Gasteiger partial charge >= 0.3 is 0 Å². The van der Waals surface area contributed by atoms with Crippen LogP contribution in [0.5, 0.6) is 0 Å². The molecule has 2 aromatic rings. The van der Waals surface area contributed by atoms with Crippen molar-refractivity contribution in [3.63, 3.8) is 0 Å². The van der Waals surface area contributed by atoms with Crippen LogP contribution in [0.15, 0.2) is 29.1 Å². The smallest absolute Gasteiger partial charge is 0.262 e. The largest absolute Gasteiger partial charge is 0.277 e. The molecule has 1 amide bonds. The summed E-state index contributed by atoms with van der Waals surface area (Å²) in [6, 6.07) is 7.23. The predicted molar refractivity (Wildman–Crippen MR) is 94.6 cm³/mol. The molecular weight excluding hydrogens is 304 g/mol. The summed E-state index contributed by atoms with van der Waals surface area (Å²) in [5, 5.41) is 0.581. The molecule has 3 rings (SSSR count). The van der Waals surface area contributed by atoms with Gasteiger partial charge in [0, 0.05) is 13.0 Å². The van der Waals surface area contributed by atoms with E-state index in [1.165, 1.54) is 30.3 Å². The van der Waals surface area contributed by atoms with Crippen molar-refractivity contribution in [2.24, 2.45) is 5.92 Å². The molecule has 1 aromatic carbocycles. The second-order valence-corrected chi connectivity index (χ2v) is 6.36. The lowest BCUT2D eigenvalue weighted by Gasteiger charge is -2.14. The minimum Gasteiger partial charge on any atom is -0.277 e. The van der Waals surface area contributed by atoms with E-state index in [1.54, 1.807) is 12.1 Å². The van der Waals surface area contributed by atoms with Gasteiger partial charge in [-0.15, -0.1) is 0 Å². The minimum absolute atomic E-state index is 0.0630. The molecule has 1 saturated carbocycles. The van der Waals surface area contributed by atoms with Crippen LogP contribution in [0.25, 0.3) is 10.9 Å². The number of hydrogen-bond acceptors (Lipinski definition) is 4. The minimum atomic E-state index is -0.106. The quantitative estimate of drug-likeness (QED) is 0.800. The maximum absolute atomic E-state index is 12.5. The molecule has 0 radical (unpaired) electrons. The zero-order chi connectivity index (χ0) is 16.9. The third kappa shape index (κ3) is 3.58. The van der Waals surface area contributed by atoms with Crippen molar-refractivity contribution in [1.82, 2.24) is 15.0 Å². The average Bonchev–Trinajstić information content (AvgIpc) is 3.12. The van der Waals surface area contributed by atoms with Crippen molar-refractivity contribution in [2.45, 2.75) is 52.0 Å². The summed E-state index contributed by atoms with van der Waals surface area (Å²) in [4.78, 5) is 29.0. The van der Waals surface area contributed by atoms with E-state index >= 15 is 0 Å². The summed E-state index contributed by atoms with van der Waals surface area (Å²) in [6.07, 6.45) is 6.48. The highest BCUT2D eigenvalue weighted by Gasteiger charge is 2.16. The van der Waals surface area contributed by atoms with Crippen LogP contribution in [0.1, 0.15) is 45.4 Å². The maximum Gasteiger partial charge on any atom is 0.262 e. The van der Waals surface area contributed by atoms with Gasteiger partial charge in [0.25, 0.3) is 5.56 Å². The fourth-order valence-corrected chi connectivity index (χ4v) is 3.38. The van der Waals surface area contributed by atoms with Gasteiger partial charge in [-0.3, -0.25) is 25.0 Å². The van der Waals surface area contributed by atoms with Gasteiger partial charge in [-0.05, 0) is 31.4 Å². The van der Waals surface area contributed by atoms with Crippen LogP contribution in [0.2, 0.25) is 0 Å². The standard InChI is InChI=1S/C18H24N4O2/c1-2-22-17(24)14-9-5-6-10-15(14)19-18(22)21-20-16(23)12-11-13-7-3-4-8-13/h5-6,9-10,13H,2-4,7-8,11-12H2,1H3,(H,19,21)(H,20,23). The van der Waals surface area contributed by atoms with E-state index in [1.807, 2.05) is 19.1 Å². The van der Waals surface area contributed by atoms with Crippen LogP contribution in [0, 0.1) is 5.92 Å². The first kappa shape index (κ1) is 16.5. The van der Waals surface area contributed by atoms with Crippen molar-refractivity contribution >= 4 is 22.8 Å². The molecule has 1 aliphatic carbocycles. The Balaban J connectivity index is 1.67. The molecule has 2 N–H and O–H groups in total. The molecule has 128 valence electrons. The van der Waals surface area contributed by atoms with Crippen molar-refractivity contribution < 1.29 is 4.79 Å². The maximum atomic E-state index is 12.5. The monoisotopic (exact) mass is 328 g/mol. The highest BCUT2D eigenvalue weighted by atomic mass is 16.2. The van der Waals surface area contributed by atoms with Crippen molar-refractivity contribution in [3.05, 3.63) is 34.6 Å². The Hall–Kier alpha value is -2.37. The molecule has 1 aliphatic rings. The van der Waals surface area contributed by atoms with E-state index in [0.29, 0.717) is 35.7 Å². The van der Waals surface area contributed by atoms with Crippen molar-refractivity contribution in [3.8, 4) is 0 Å². The van der Waals surface area contributed by atoms with Gasteiger partial charge in [0.1, 0.15) is 0 Å². The van der Waals surface area contributed by atoms with E-state index in [2.05, 4.69) is 15.8 Å². The van der Waals surface area contributed by atoms with Gasteiger partial charge in [0.2, 0.25) is 11.9 Å². The van der Waals surface area contributed by atoms with Crippen LogP contribution in [-0.4, -0.2) is 15.5 Å². The van der Waals surface area contributed by atoms with Gasteiger partial charge in [-0.1, -0.05) is 37.8 Å². The summed E-state index contributed by atoms with van der Waals surface area (Å²) in [6.45, 7) is 2.36. The third-order valence-electron chi connectivity index (χ3n) is 4.75. The van der Waals surface area contributed by atoms with Crippen LogP contribution in [-0.2, 0) is 11.3 Å². The van der Waals surface area contributed by atoms with Crippen LogP contribution >= 0.6 is 0 Å². The van der Waals surface area contributed by atoms with E-state index in [9.17, 15) is 9.59 Å². The summed E-state index contributed by atoms with van der Waals surface area (Å²) in [5.41, 5.74) is 6.02. The Kier molecular flexibility index (Phi) is 5.13. The van der Waals surface area contributed by atoms with Gasteiger partial charge in [-0.2, -0.15) is 0 Å². The Morgan fingerprint density at radius 3 is 2.79 bits per heavy atom. The number of para-hydroxylation sites is 1. The number of nitrogens with zero attached hydrogens (tertiary/aromatic N) is 2. The Morgan fingerprint density at radius 1 is 1.29 bits per heavy atom. The third-order valence-corrected chi connectivity index (χ3v) is 4.75. The fourth-order valence-electron chi connectivity index (χ4n) is 3.38. The molecule has 0 bridgehead atoms. The molecule has 6 nitrogen and oxygen atoms in total. The summed E-state index contributed by atoms with van der Waals surface area (Å²) in [5.74, 6) is 0.991. The number of anilines is 1. The lowest BCUT2D eigenvalue weighted by atomic mass is 10.0. The number of amides is 1. The topological polar surface area (TPSA) is 76.0 Å². The molecule has 1 heterocycles. The number of carbonyl (C=O) groups excluding carboxylic acids is 1. The molecule has 0 atom stereocenters. The second kappa shape index (κ2) is 7.47. The molecule has 1 aromatic heterocycles. The van der Waals surface area contributed by atoms with E-state index in [4.69, 9.17) is 0 Å². The second-order valence-electron chi connectivity index (χ2n) is 6.36.